The van der Waals surface area contributed by atoms with E-state index >= 15 is 0 Å². The lowest BCUT2D eigenvalue weighted by Gasteiger charge is -2.02. The van der Waals surface area contributed by atoms with Crippen LogP contribution in [-0.2, 0) is 0 Å². The van der Waals surface area contributed by atoms with E-state index in [1.165, 1.54) is 0 Å². The second-order valence-corrected chi connectivity index (χ2v) is 4.73. The molecule has 6 heteroatoms. The van der Waals surface area contributed by atoms with Crippen LogP contribution < -0.4 is 10.2 Å². The van der Waals surface area contributed by atoms with Gasteiger partial charge in [0.1, 0.15) is 5.75 Å². The number of fused-ring (bicyclic) bond motifs is 1. The molecule has 3 rings (SSSR count). The number of amides is 1. The number of carbonyl (C=O) groups is 1. The summed E-state index contributed by atoms with van der Waals surface area (Å²) in [7, 11) is 1.58. The lowest BCUT2D eigenvalue weighted by atomic mass is 10.2. The maximum Gasteiger partial charge on any atom is 0.271 e. The molecular formula is C17H14N4O2. The number of carbonyl (C=O) groups excluding carboxylic acids is 1. The Kier molecular flexibility index (Phi) is 4.24. The van der Waals surface area contributed by atoms with Crippen molar-refractivity contribution in [1.29, 1.82) is 0 Å². The summed E-state index contributed by atoms with van der Waals surface area (Å²) in [4.78, 5) is 20.4. The number of ether oxygens (including phenoxy) is 1. The van der Waals surface area contributed by atoms with Crippen LogP contribution in [0.2, 0.25) is 0 Å². The van der Waals surface area contributed by atoms with E-state index in [1.54, 1.807) is 50.0 Å². The topological polar surface area (TPSA) is 76.5 Å². The zero-order valence-corrected chi connectivity index (χ0v) is 12.4. The van der Waals surface area contributed by atoms with Gasteiger partial charge in [0, 0.05) is 18.0 Å². The number of rotatable bonds is 4. The molecule has 0 atom stereocenters. The first-order valence-electron chi connectivity index (χ1n) is 6.94. The predicted octanol–water partition coefficient (Wildman–Crippen LogP) is 2.40. The zero-order valence-electron chi connectivity index (χ0n) is 12.4. The van der Waals surface area contributed by atoms with Crippen LogP contribution in [0.4, 0.5) is 0 Å². The lowest BCUT2D eigenvalue weighted by Crippen LogP contribution is -2.17. The molecule has 0 aliphatic carbocycles. The number of aromatic nitrogens is 2. The average Bonchev–Trinajstić information content (AvgIpc) is 2.61. The van der Waals surface area contributed by atoms with E-state index in [9.17, 15) is 4.79 Å². The van der Waals surface area contributed by atoms with Gasteiger partial charge >= 0.3 is 0 Å². The minimum Gasteiger partial charge on any atom is -0.497 e. The first-order valence-corrected chi connectivity index (χ1v) is 6.94. The van der Waals surface area contributed by atoms with Crippen LogP contribution in [-0.4, -0.2) is 29.2 Å². The number of hydrazone groups is 1. The minimum atomic E-state index is -0.288. The van der Waals surface area contributed by atoms with E-state index in [4.69, 9.17) is 4.74 Å². The summed E-state index contributed by atoms with van der Waals surface area (Å²) in [6.45, 7) is 0. The zero-order chi connectivity index (χ0) is 16.1. The molecule has 3 aromatic rings. The molecule has 1 N–H and O–H groups in total. The average molecular weight is 306 g/mol. The number of nitrogens with zero attached hydrogens (tertiary/aromatic N) is 3. The summed E-state index contributed by atoms with van der Waals surface area (Å²) in [5.74, 6) is 0.409. The van der Waals surface area contributed by atoms with E-state index in [2.05, 4.69) is 20.5 Å². The second kappa shape index (κ2) is 6.65. The molecule has 0 saturated carbocycles. The lowest BCUT2D eigenvalue weighted by molar-refractivity contribution is 0.0955. The van der Waals surface area contributed by atoms with Crippen molar-refractivity contribution in [2.75, 3.05) is 7.11 Å². The third-order valence-electron chi connectivity index (χ3n) is 3.23. The van der Waals surface area contributed by atoms with Crippen molar-refractivity contribution in [3.05, 3.63) is 66.0 Å². The number of nitrogens with one attached hydrogen (secondary N) is 1. The van der Waals surface area contributed by atoms with Crippen LogP contribution in [0.1, 0.15) is 15.9 Å². The van der Waals surface area contributed by atoms with Crippen molar-refractivity contribution in [3.63, 3.8) is 0 Å². The van der Waals surface area contributed by atoms with E-state index in [-0.39, 0.29) is 5.91 Å². The summed E-state index contributed by atoms with van der Waals surface area (Å²) in [5.41, 5.74) is 5.41. The fourth-order valence-corrected chi connectivity index (χ4v) is 2.03. The van der Waals surface area contributed by atoms with Gasteiger partial charge in [-0.15, -0.1) is 0 Å². The van der Waals surface area contributed by atoms with E-state index in [1.807, 2.05) is 18.2 Å². The first kappa shape index (κ1) is 14.6. The van der Waals surface area contributed by atoms with Gasteiger partial charge in [0.2, 0.25) is 0 Å². The molecule has 0 fully saturated rings. The minimum absolute atomic E-state index is 0.288. The summed E-state index contributed by atoms with van der Waals surface area (Å²) >= 11 is 0. The number of hydrogen-bond acceptors (Lipinski definition) is 5. The number of methoxy groups -OCH3 is 1. The molecule has 0 aliphatic heterocycles. The van der Waals surface area contributed by atoms with Gasteiger partial charge in [0.15, 0.2) is 0 Å². The van der Waals surface area contributed by atoms with Crippen LogP contribution in [0.5, 0.6) is 5.75 Å². The summed E-state index contributed by atoms with van der Waals surface area (Å²) in [6, 6.07) is 12.4. The Hall–Kier alpha value is -3.28. The van der Waals surface area contributed by atoms with Gasteiger partial charge in [-0.3, -0.25) is 14.8 Å². The molecule has 0 bridgehead atoms. The summed E-state index contributed by atoms with van der Waals surface area (Å²) in [5, 5.41) is 3.96. The molecule has 1 heterocycles. The van der Waals surface area contributed by atoms with Crippen LogP contribution in [0.15, 0.2) is 60.0 Å². The standard InChI is InChI=1S/C17H14N4O2/c1-23-14-5-3-13(4-6-14)17(22)21-20-11-12-2-7-15-16(10-12)19-9-8-18-15/h2-11H,1H3,(H,21,22). The monoisotopic (exact) mass is 306 g/mol. The van der Waals surface area contributed by atoms with Crippen molar-refractivity contribution in [1.82, 2.24) is 15.4 Å². The summed E-state index contributed by atoms with van der Waals surface area (Å²) < 4.78 is 5.05. The van der Waals surface area contributed by atoms with Crippen molar-refractivity contribution in [3.8, 4) is 5.75 Å². The Morgan fingerprint density at radius 1 is 1.09 bits per heavy atom. The normalized spacial score (nSPS) is 10.8. The second-order valence-electron chi connectivity index (χ2n) is 4.73. The molecule has 0 radical (unpaired) electrons. The molecule has 6 nitrogen and oxygen atoms in total. The molecule has 0 aliphatic rings. The van der Waals surface area contributed by atoms with E-state index in [0.29, 0.717) is 11.3 Å². The SMILES string of the molecule is COc1ccc(C(=O)NN=Cc2ccc3nccnc3c2)cc1. The quantitative estimate of drug-likeness (QED) is 0.593. The summed E-state index contributed by atoms with van der Waals surface area (Å²) in [6.07, 6.45) is 4.84. The molecule has 1 amide bonds. The highest BCUT2D eigenvalue weighted by atomic mass is 16.5. The maximum absolute atomic E-state index is 12.0. The smallest absolute Gasteiger partial charge is 0.271 e. The highest BCUT2D eigenvalue weighted by molar-refractivity contribution is 5.95. The third kappa shape index (κ3) is 3.49. The van der Waals surface area contributed by atoms with Crippen LogP contribution >= 0.6 is 0 Å². The molecule has 2 aromatic carbocycles. The molecule has 1 aromatic heterocycles. The largest absolute Gasteiger partial charge is 0.497 e. The van der Waals surface area contributed by atoms with Crippen molar-refractivity contribution >= 4 is 23.2 Å². The van der Waals surface area contributed by atoms with Crippen molar-refractivity contribution in [2.45, 2.75) is 0 Å². The Bertz CT molecular complexity index is 860. The highest BCUT2D eigenvalue weighted by Crippen LogP contribution is 2.11. The molecule has 0 spiro atoms. The van der Waals surface area contributed by atoms with Gasteiger partial charge in [-0.05, 0) is 42.0 Å². The molecular weight excluding hydrogens is 292 g/mol. The van der Waals surface area contributed by atoms with E-state index in [0.717, 1.165) is 16.6 Å². The number of hydrogen-bond donors (Lipinski definition) is 1. The highest BCUT2D eigenvalue weighted by Gasteiger charge is 2.03. The van der Waals surface area contributed by atoms with Crippen LogP contribution in [0, 0.1) is 0 Å². The Morgan fingerprint density at radius 2 is 1.83 bits per heavy atom. The van der Waals surface area contributed by atoms with Crippen LogP contribution in [0.3, 0.4) is 0 Å². The Balaban J connectivity index is 1.68. The fourth-order valence-electron chi connectivity index (χ4n) is 2.03. The van der Waals surface area contributed by atoms with Gasteiger partial charge < -0.3 is 4.74 Å². The van der Waals surface area contributed by atoms with Crippen molar-refractivity contribution < 1.29 is 9.53 Å². The maximum atomic E-state index is 12.0. The van der Waals surface area contributed by atoms with Gasteiger partial charge in [-0.25, -0.2) is 5.43 Å². The van der Waals surface area contributed by atoms with Gasteiger partial charge in [-0.2, -0.15) is 5.10 Å². The van der Waals surface area contributed by atoms with Gasteiger partial charge in [0.05, 0.1) is 24.4 Å². The Morgan fingerprint density at radius 3 is 2.57 bits per heavy atom. The number of benzene rings is 2. The van der Waals surface area contributed by atoms with Gasteiger partial charge in [-0.1, -0.05) is 6.07 Å². The molecule has 114 valence electrons. The fraction of sp³-hybridized carbons (Fsp3) is 0.0588. The predicted molar refractivity (Wildman–Crippen MR) is 87.6 cm³/mol. The Labute approximate surface area is 132 Å². The van der Waals surface area contributed by atoms with E-state index < -0.39 is 0 Å². The molecule has 0 unspecified atom stereocenters. The van der Waals surface area contributed by atoms with Gasteiger partial charge in [0.25, 0.3) is 5.91 Å². The first-order chi connectivity index (χ1) is 11.3. The third-order valence-corrected chi connectivity index (χ3v) is 3.23. The van der Waals surface area contributed by atoms with Crippen LogP contribution in [0.25, 0.3) is 11.0 Å². The van der Waals surface area contributed by atoms with Crippen molar-refractivity contribution in [2.24, 2.45) is 5.10 Å². The molecule has 0 saturated heterocycles. The molecule has 23 heavy (non-hydrogen) atoms.